The van der Waals surface area contributed by atoms with Crippen molar-refractivity contribution < 1.29 is 4.74 Å². The minimum atomic E-state index is -0.0246. The van der Waals surface area contributed by atoms with Gasteiger partial charge in [-0.3, -0.25) is 4.90 Å². The van der Waals surface area contributed by atoms with Gasteiger partial charge < -0.3 is 9.64 Å². The molecule has 1 aliphatic heterocycles. The summed E-state index contributed by atoms with van der Waals surface area (Å²) in [5, 5.41) is 9.66. The van der Waals surface area contributed by atoms with Crippen LogP contribution in [0.15, 0.2) is 18.2 Å². The highest BCUT2D eigenvalue weighted by Crippen LogP contribution is 2.31. The maximum atomic E-state index is 8.95. The topological polar surface area (TPSA) is 39.5 Å². The number of ether oxygens (including phenoxy) is 1. The molecular formula is C14H18ClN3O. The van der Waals surface area contributed by atoms with Crippen molar-refractivity contribution in [3.05, 3.63) is 23.2 Å². The SMILES string of the molecule is COc1ccc(Cl)cc1N1CCN(C(C)C#N)CC1. The van der Waals surface area contributed by atoms with Crippen LogP contribution in [0.25, 0.3) is 0 Å². The number of benzene rings is 1. The fourth-order valence-corrected chi connectivity index (χ4v) is 2.51. The van der Waals surface area contributed by atoms with E-state index < -0.39 is 0 Å². The largest absolute Gasteiger partial charge is 0.495 e. The maximum Gasteiger partial charge on any atom is 0.142 e. The summed E-state index contributed by atoms with van der Waals surface area (Å²) in [5.41, 5.74) is 1.03. The molecule has 1 unspecified atom stereocenters. The molecule has 5 heteroatoms. The predicted octanol–water partition coefficient (Wildman–Crippen LogP) is 2.38. The van der Waals surface area contributed by atoms with Crippen molar-refractivity contribution in [1.82, 2.24) is 4.90 Å². The molecule has 1 aromatic carbocycles. The molecule has 1 aromatic rings. The zero-order valence-corrected chi connectivity index (χ0v) is 12.0. The van der Waals surface area contributed by atoms with Gasteiger partial charge in [-0.05, 0) is 25.1 Å². The number of nitrogens with zero attached hydrogens (tertiary/aromatic N) is 3. The van der Waals surface area contributed by atoms with Gasteiger partial charge in [0.15, 0.2) is 0 Å². The first kappa shape index (κ1) is 14.0. The van der Waals surface area contributed by atoms with Gasteiger partial charge in [-0.2, -0.15) is 5.26 Å². The van der Waals surface area contributed by atoms with Crippen molar-refractivity contribution >= 4 is 17.3 Å². The molecule has 0 aliphatic carbocycles. The van der Waals surface area contributed by atoms with Crippen molar-refractivity contribution in [2.75, 3.05) is 38.2 Å². The molecule has 0 aromatic heterocycles. The predicted molar refractivity (Wildman–Crippen MR) is 76.9 cm³/mol. The van der Waals surface area contributed by atoms with E-state index in [0.29, 0.717) is 5.02 Å². The molecule has 0 radical (unpaired) electrons. The normalized spacial score (nSPS) is 17.9. The number of hydrogen-bond donors (Lipinski definition) is 0. The van der Waals surface area contributed by atoms with Crippen LogP contribution in [0.5, 0.6) is 5.75 Å². The molecule has 2 rings (SSSR count). The summed E-state index contributed by atoms with van der Waals surface area (Å²) in [6.45, 7) is 5.45. The fraction of sp³-hybridized carbons (Fsp3) is 0.500. The Kier molecular flexibility index (Phi) is 4.52. The second-order valence-corrected chi connectivity index (χ2v) is 5.08. The third-order valence-electron chi connectivity index (χ3n) is 3.53. The molecule has 4 nitrogen and oxygen atoms in total. The lowest BCUT2D eigenvalue weighted by Gasteiger charge is -2.37. The summed E-state index contributed by atoms with van der Waals surface area (Å²) in [4.78, 5) is 4.44. The van der Waals surface area contributed by atoms with Gasteiger partial charge >= 0.3 is 0 Å². The molecule has 0 N–H and O–H groups in total. The molecular weight excluding hydrogens is 262 g/mol. The molecule has 0 saturated carbocycles. The van der Waals surface area contributed by atoms with E-state index in [9.17, 15) is 0 Å². The van der Waals surface area contributed by atoms with Crippen LogP contribution >= 0.6 is 11.6 Å². The molecule has 1 heterocycles. The lowest BCUT2D eigenvalue weighted by Crippen LogP contribution is -2.49. The molecule has 1 atom stereocenters. The number of halogens is 1. The van der Waals surface area contributed by atoms with Crippen LogP contribution < -0.4 is 9.64 Å². The fourth-order valence-electron chi connectivity index (χ4n) is 2.34. The van der Waals surface area contributed by atoms with Crippen LogP contribution in [0.3, 0.4) is 0 Å². The molecule has 19 heavy (non-hydrogen) atoms. The van der Waals surface area contributed by atoms with Gasteiger partial charge in [-0.25, -0.2) is 0 Å². The Hall–Kier alpha value is -1.44. The smallest absolute Gasteiger partial charge is 0.142 e. The van der Waals surface area contributed by atoms with Crippen LogP contribution in [0, 0.1) is 11.3 Å². The minimum absolute atomic E-state index is 0.0246. The average molecular weight is 280 g/mol. The highest BCUT2D eigenvalue weighted by Gasteiger charge is 2.22. The Morgan fingerprint density at radius 3 is 2.58 bits per heavy atom. The third-order valence-corrected chi connectivity index (χ3v) is 3.77. The van der Waals surface area contributed by atoms with Crippen LogP contribution in [0.4, 0.5) is 5.69 Å². The first-order valence-corrected chi connectivity index (χ1v) is 6.75. The van der Waals surface area contributed by atoms with Gasteiger partial charge in [0.05, 0.1) is 24.9 Å². The van der Waals surface area contributed by atoms with Crippen LogP contribution in [0.2, 0.25) is 5.02 Å². The summed E-state index contributed by atoms with van der Waals surface area (Å²) < 4.78 is 5.38. The van der Waals surface area contributed by atoms with E-state index in [1.165, 1.54) is 0 Å². The maximum absolute atomic E-state index is 8.95. The first-order chi connectivity index (χ1) is 9.15. The molecule has 0 amide bonds. The minimum Gasteiger partial charge on any atom is -0.495 e. The second-order valence-electron chi connectivity index (χ2n) is 4.64. The van der Waals surface area contributed by atoms with E-state index >= 15 is 0 Å². The molecule has 0 spiro atoms. The Bertz CT molecular complexity index is 478. The Labute approximate surface area is 119 Å². The summed E-state index contributed by atoms with van der Waals surface area (Å²) in [5.74, 6) is 0.839. The number of piperazine rings is 1. The Morgan fingerprint density at radius 1 is 1.32 bits per heavy atom. The highest BCUT2D eigenvalue weighted by molar-refractivity contribution is 6.30. The van der Waals surface area contributed by atoms with Gasteiger partial charge in [0.1, 0.15) is 5.75 Å². The Morgan fingerprint density at radius 2 is 2.00 bits per heavy atom. The standard InChI is InChI=1S/C14H18ClN3O/c1-11(10-16)17-5-7-18(8-6-17)13-9-12(15)3-4-14(13)19-2/h3-4,9,11H,5-8H2,1-2H3. The van der Waals surface area contributed by atoms with Crippen LogP contribution in [-0.4, -0.2) is 44.2 Å². The van der Waals surface area contributed by atoms with E-state index in [0.717, 1.165) is 37.6 Å². The third kappa shape index (κ3) is 3.12. The molecule has 1 aliphatic rings. The van der Waals surface area contributed by atoms with E-state index in [2.05, 4.69) is 15.9 Å². The zero-order chi connectivity index (χ0) is 13.8. The van der Waals surface area contributed by atoms with Crippen LogP contribution in [-0.2, 0) is 0 Å². The number of hydrogen-bond acceptors (Lipinski definition) is 4. The zero-order valence-electron chi connectivity index (χ0n) is 11.3. The second kappa shape index (κ2) is 6.14. The van der Waals surface area contributed by atoms with Gasteiger partial charge in [0.2, 0.25) is 0 Å². The number of anilines is 1. The number of rotatable bonds is 3. The average Bonchev–Trinajstić information content (AvgIpc) is 2.46. The molecule has 1 fully saturated rings. The van der Waals surface area contributed by atoms with E-state index in [-0.39, 0.29) is 6.04 Å². The van der Waals surface area contributed by atoms with Crippen molar-refractivity contribution in [3.63, 3.8) is 0 Å². The molecule has 1 saturated heterocycles. The number of nitriles is 1. The van der Waals surface area contributed by atoms with E-state index in [4.69, 9.17) is 21.6 Å². The highest BCUT2D eigenvalue weighted by atomic mass is 35.5. The molecule has 0 bridgehead atoms. The molecule has 102 valence electrons. The summed E-state index contributed by atoms with van der Waals surface area (Å²) in [6.07, 6.45) is 0. The van der Waals surface area contributed by atoms with Gasteiger partial charge in [-0.15, -0.1) is 0 Å². The van der Waals surface area contributed by atoms with E-state index in [1.807, 2.05) is 25.1 Å². The van der Waals surface area contributed by atoms with Crippen LogP contribution in [0.1, 0.15) is 6.92 Å². The van der Waals surface area contributed by atoms with Crippen molar-refractivity contribution in [3.8, 4) is 11.8 Å². The summed E-state index contributed by atoms with van der Waals surface area (Å²) in [6, 6.07) is 7.91. The van der Waals surface area contributed by atoms with Crippen molar-refractivity contribution in [2.45, 2.75) is 13.0 Å². The number of methoxy groups -OCH3 is 1. The lowest BCUT2D eigenvalue weighted by atomic mass is 10.2. The van der Waals surface area contributed by atoms with Gasteiger partial charge in [0.25, 0.3) is 0 Å². The summed E-state index contributed by atoms with van der Waals surface area (Å²) >= 11 is 6.06. The summed E-state index contributed by atoms with van der Waals surface area (Å²) in [7, 11) is 1.67. The first-order valence-electron chi connectivity index (χ1n) is 6.38. The quantitative estimate of drug-likeness (QED) is 0.852. The van der Waals surface area contributed by atoms with Crippen molar-refractivity contribution in [1.29, 1.82) is 5.26 Å². The van der Waals surface area contributed by atoms with Gasteiger partial charge in [0, 0.05) is 31.2 Å². The van der Waals surface area contributed by atoms with Gasteiger partial charge in [-0.1, -0.05) is 11.6 Å². The van der Waals surface area contributed by atoms with E-state index in [1.54, 1.807) is 7.11 Å². The Balaban J connectivity index is 2.09. The van der Waals surface area contributed by atoms with Crippen molar-refractivity contribution in [2.24, 2.45) is 0 Å². The lowest BCUT2D eigenvalue weighted by molar-refractivity contribution is 0.231. The monoisotopic (exact) mass is 279 g/mol.